The Kier molecular flexibility index (Phi) is 3.39. The molecule has 6 heteroatoms. The van der Waals surface area contributed by atoms with Crippen molar-refractivity contribution in [2.75, 3.05) is 0 Å². The van der Waals surface area contributed by atoms with Crippen molar-refractivity contribution in [2.24, 2.45) is 0 Å². The highest BCUT2D eigenvalue weighted by Crippen LogP contribution is 2.26. The average Bonchev–Trinajstić information content (AvgIpc) is 2.90. The molecule has 0 saturated heterocycles. The Labute approximate surface area is 122 Å². The van der Waals surface area contributed by atoms with Crippen LogP contribution in [0.25, 0.3) is 11.6 Å². The summed E-state index contributed by atoms with van der Waals surface area (Å²) in [6.45, 7) is 1.83. The number of hydrogen-bond acceptors (Lipinski definition) is 2. The van der Waals surface area contributed by atoms with Gasteiger partial charge in [-0.05, 0) is 44.7 Å². The second-order valence-electron chi connectivity index (χ2n) is 4.16. The van der Waals surface area contributed by atoms with Crippen LogP contribution in [-0.2, 0) is 13.1 Å². The minimum atomic E-state index is 0.914. The number of aromatic nitrogens is 4. The van der Waals surface area contributed by atoms with Crippen molar-refractivity contribution in [1.29, 1.82) is 0 Å². The fourth-order valence-electron chi connectivity index (χ4n) is 2.14. The van der Waals surface area contributed by atoms with Crippen molar-refractivity contribution in [3.8, 4) is 11.6 Å². The molecule has 94 valence electrons. The third-order valence-electron chi connectivity index (χ3n) is 3.02. The Morgan fingerprint density at radius 2 is 1.28 bits per heavy atom. The molecule has 0 saturated carbocycles. The molecule has 2 aromatic heterocycles. The van der Waals surface area contributed by atoms with E-state index in [2.05, 4.69) is 63.1 Å². The van der Waals surface area contributed by atoms with Crippen LogP contribution in [-0.4, -0.2) is 19.1 Å². The Balaban J connectivity index is 2.17. The van der Waals surface area contributed by atoms with Gasteiger partial charge in [0, 0.05) is 13.1 Å². The van der Waals surface area contributed by atoms with E-state index in [1.54, 1.807) is 0 Å². The highest BCUT2D eigenvalue weighted by Gasteiger charge is 2.17. The monoisotopic (exact) mass is 370 g/mol. The first kappa shape index (κ1) is 12.2. The van der Waals surface area contributed by atoms with Gasteiger partial charge in [0.15, 0.2) is 11.6 Å². The number of halogens is 2. The molecule has 0 unspecified atom stereocenters. The van der Waals surface area contributed by atoms with Crippen LogP contribution < -0.4 is 0 Å². The maximum absolute atomic E-state index is 4.47. The first-order valence-corrected chi connectivity index (χ1v) is 7.43. The van der Waals surface area contributed by atoms with E-state index in [4.69, 9.17) is 0 Å². The lowest BCUT2D eigenvalue weighted by Gasteiger charge is -2.12. The molecule has 3 rings (SSSR count). The smallest absolute Gasteiger partial charge is 0.177 e. The van der Waals surface area contributed by atoms with Crippen LogP contribution in [0.15, 0.2) is 33.8 Å². The first-order chi connectivity index (χ1) is 8.77. The Morgan fingerprint density at radius 3 is 1.72 bits per heavy atom. The number of rotatable bonds is 0. The van der Waals surface area contributed by atoms with Crippen LogP contribution >= 0.6 is 31.9 Å². The number of imidazole rings is 2. The minimum Gasteiger partial charge on any atom is -0.316 e. The average molecular weight is 372 g/mol. The molecule has 1 aliphatic rings. The van der Waals surface area contributed by atoms with E-state index >= 15 is 0 Å². The van der Waals surface area contributed by atoms with Gasteiger partial charge < -0.3 is 9.13 Å². The van der Waals surface area contributed by atoms with Gasteiger partial charge in [-0.25, -0.2) is 9.97 Å². The van der Waals surface area contributed by atoms with Crippen LogP contribution in [0.1, 0.15) is 12.8 Å². The van der Waals surface area contributed by atoms with E-state index in [9.17, 15) is 0 Å². The molecular formula is C12H12Br2N4. The molecule has 0 amide bonds. The van der Waals surface area contributed by atoms with Gasteiger partial charge in [-0.3, -0.25) is 0 Å². The van der Waals surface area contributed by atoms with Crippen molar-refractivity contribution in [3.63, 3.8) is 0 Å². The molecule has 3 heterocycles. The predicted octanol–water partition coefficient (Wildman–Crippen LogP) is 3.62. The van der Waals surface area contributed by atoms with Gasteiger partial charge in [-0.15, -0.1) is 0 Å². The summed E-state index contributed by atoms with van der Waals surface area (Å²) in [7, 11) is 0. The number of fused-ring (bicyclic) bond motifs is 3. The molecule has 18 heavy (non-hydrogen) atoms. The molecule has 2 aromatic rings. The molecule has 4 nitrogen and oxygen atoms in total. The van der Waals surface area contributed by atoms with Crippen LogP contribution in [0.2, 0.25) is 0 Å². The molecule has 0 bridgehead atoms. The number of allylic oxidation sites excluding steroid dienone is 2. The van der Waals surface area contributed by atoms with Crippen molar-refractivity contribution >= 4 is 31.9 Å². The first-order valence-electron chi connectivity index (χ1n) is 5.85. The van der Waals surface area contributed by atoms with Crippen LogP contribution in [0, 0.1) is 0 Å². The molecule has 0 spiro atoms. The fourth-order valence-corrected chi connectivity index (χ4v) is 3.03. The topological polar surface area (TPSA) is 35.6 Å². The normalized spacial score (nSPS) is 17.0. The second-order valence-corrected chi connectivity index (χ2v) is 5.79. The van der Waals surface area contributed by atoms with Gasteiger partial charge in [0.1, 0.15) is 9.21 Å². The Morgan fingerprint density at radius 1 is 0.833 bits per heavy atom. The van der Waals surface area contributed by atoms with Crippen molar-refractivity contribution in [2.45, 2.75) is 25.9 Å². The lowest BCUT2D eigenvalue weighted by Crippen LogP contribution is -2.08. The Bertz CT molecular complexity index is 545. The van der Waals surface area contributed by atoms with E-state index in [-0.39, 0.29) is 0 Å². The summed E-state index contributed by atoms with van der Waals surface area (Å²) in [6.07, 6.45) is 10.2. The van der Waals surface area contributed by atoms with E-state index in [1.807, 2.05) is 12.4 Å². The quantitative estimate of drug-likeness (QED) is 0.663. The molecule has 0 aromatic carbocycles. The highest BCUT2D eigenvalue weighted by molar-refractivity contribution is 9.10. The zero-order chi connectivity index (χ0) is 12.5. The summed E-state index contributed by atoms with van der Waals surface area (Å²) < 4.78 is 6.30. The van der Waals surface area contributed by atoms with E-state index in [0.29, 0.717) is 0 Å². The number of hydrogen-bond donors (Lipinski definition) is 0. The molecule has 0 fully saturated rings. The lowest BCUT2D eigenvalue weighted by atomic mass is 10.3. The molecule has 0 atom stereocenters. The summed E-state index contributed by atoms with van der Waals surface area (Å²) in [6, 6.07) is 0. The maximum Gasteiger partial charge on any atom is 0.177 e. The predicted molar refractivity (Wildman–Crippen MR) is 77.2 cm³/mol. The third-order valence-corrected chi connectivity index (χ3v) is 4.28. The van der Waals surface area contributed by atoms with Gasteiger partial charge in [0.05, 0.1) is 12.4 Å². The highest BCUT2D eigenvalue weighted by atomic mass is 79.9. The molecule has 0 radical (unpaired) electrons. The number of nitrogens with zero attached hydrogens (tertiary/aromatic N) is 4. The molecule has 1 aliphatic heterocycles. The van der Waals surface area contributed by atoms with Crippen molar-refractivity contribution < 1.29 is 0 Å². The fraction of sp³-hybridized carbons (Fsp3) is 0.333. The van der Waals surface area contributed by atoms with Gasteiger partial charge in [-0.2, -0.15) is 0 Å². The van der Waals surface area contributed by atoms with E-state index < -0.39 is 0 Å². The van der Waals surface area contributed by atoms with Gasteiger partial charge in [-0.1, -0.05) is 12.2 Å². The largest absolute Gasteiger partial charge is 0.316 e. The summed E-state index contributed by atoms with van der Waals surface area (Å²) in [4.78, 5) is 8.95. The minimum absolute atomic E-state index is 0.914. The Hall–Kier alpha value is -0.880. The maximum atomic E-state index is 4.47. The molecule has 0 aliphatic carbocycles. The van der Waals surface area contributed by atoms with Gasteiger partial charge in [0.25, 0.3) is 0 Å². The van der Waals surface area contributed by atoms with E-state index in [1.165, 1.54) is 0 Å². The van der Waals surface area contributed by atoms with Crippen molar-refractivity contribution in [1.82, 2.24) is 19.1 Å². The summed E-state index contributed by atoms with van der Waals surface area (Å²) >= 11 is 7.09. The zero-order valence-electron chi connectivity index (χ0n) is 9.68. The van der Waals surface area contributed by atoms with Crippen LogP contribution in [0.4, 0.5) is 0 Å². The van der Waals surface area contributed by atoms with E-state index in [0.717, 1.165) is 46.8 Å². The SMILES string of the molecule is Brc1cnc2n1CC/C=C/CCn1c(Br)cnc1-2. The summed E-state index contributed by atoms with van der Waals surface area (Å²) in [5, 5.41) is 0. The lowest BCUT2D eigenvalue weighted by molar-refractivity contribution is 0.655. The standard InChI is InChI=1S/C12H12Br2N4/c13-9-7-15-11-12-16-8-10(14)18(12)6-4-2-1-3-5-17(9)11/h1-2,7-8H,3-6H2/b2-1+. The van der Waals surface area contributed by atoms with Gasteiger partial charge >= 0.3 is 0 Å². The molecule has 0 N–H and O–H groups in total. The van der Waals surface area contributed by atoms with Gasteiger partial charge in [0.2, 0.25) is 0 Å². The van der Waals surface area contributed by atoms with Crippen molar-refractivity contribution in [3.05, 3.63) is 33.8 Å². The van der Waals surface area contributed by atoms with Crippen LogP contribution in [0.3, 0.4) is 0 Å². The third kappa shape index (κ3) is 2.07. The summed E-state index contributed by atoms with van der Waals surface area (Å²) in [5.74, 6) is 1.84. The second kappa shape index (κ2) is 5.01. The molecular weight excluding hydrogens is 360 g/mol. The summed E-state index contributed by atoms with van der Waals surface area (Å²) in [5.41, 5.74) is 0. The van der Waals surface area contributed by atoms with Crippen LogP contribution in [0.5, 0.6) is 0 Å². The zero-order valence-corrected chi connectivity index (χ0v) is 12.9.